The van der Waals surface area contributed by atoms with Gasteiger partial charge in [-0.05, 0) is 44.5 Å². The lowest BCUT2D eigenvalue weighted by molar-refractivity contribution is -0.139. The molecule has 0 atom stereocenters. The molecule has 24 heavy (non-hydrogen) atoms. The Hall–Kier alpha value is -2.48. The summed E-state index contributed by atoms with van der Waals surface area (Å²) in [5.74, 6) is 0.634. The third-order valence-corrected chi connectivity index (χ3v) is 4.33. The Morgan fingerprint density at radius 1 is 1.38 bits per heavy atom. The first kappa shape index (κ1) is 16.4. The molecule has 1 aliphatic carbocycles. The first-order valence-electron chi connectivity index (χ1n) is 8.14. The van der Waals surface area contributed by atoms with E-state index in [-0.39, 0.29) is 6.54 Å². The average molecular weight is 330 g/mol. The van der Waals surface area contributed by atoms with Crippen LogP contribution in [0.2, 0.25) is 0 Å². The van der Waals surface area contributed by atoms with Gasteiger partial charge in [0.05, 0.1) is 12.2 Å². The number of carboxylic acids is 1. The number of hydrogen-bond donors (Lipinski definition) is 2. The van der Waals surface area contributed by atoms with Crippen molar-refractivity contribution in [1.29, 1.82) is 0 Å². The van der Waals surface area contributed by atoms with E-state index < -0.39 is 5.97 Å². The third-order valence-electron chi connectivity index (χ3n) is 4.33. The largest absolute Gasteiger partial charge is 0.480 e. The van der Waals surface area contributed by atoms with Crippen LogP contribution in [0.3, 0.4) is 0 Å². The predicted molar refractivity (Wildman–Crippen MR) is 89.2 cm³/mol. The maximum Gasteiger partial charge on any atom is 0.317 e. The summed E-state index contributed by atoms with van der Waals surface area (Å²) in [6, 6.07) is 6.31. The summed E-state index contributed by atoms with van der Waals surface area (Å²) >= 11 is 0. The van der Waals surface area contributed by atoms with Gasteiger partial charge in [0.2, 0.25) is 0 Å². The summed E-state index contributed by atoms with van der Waals surface area (Å²) in [6.45, 7) is 4.77. The number of rotatable bonds is 7. The Morgan fingerprint density at radius 3 is 2.71 bits per heavy atom. The molecule has 2 N–H and O–H groups in total. The fourth-order valence-corrected chi connectivity index (χ4v) is 2.95. The van der Waals surface area contributed by atoms with Crippen molar-refractivity contribution in [3.63, 3.8) is 0 Å². The molecule has 8 nitrogen and oxygen atoms in total. The normalized spacial score (nSPS) is 20.0. The van der Waals surface area contributed by atoms with E-state index in [1.165, 1.54) is 0 Å². The minimum atomic E-state index is -0.774. The lowest BCUT2D eigenvalue weighted by Crippen LogP contribution is -2.51. The molecule has 128 valence electrons. The summed E-state index contributed by atoms with van der Waals surface area (Å²) in [6.07, 6.45) is 3.69. The Bertz CT molecular complexity index is 693. The van der Waals surface area contributed by atoms with Gasteiger partial charge in [0.25, 0.3) is 0 Å². The molecular weight excluding hydrogens is 308 g/mol. The second-order valence-electron chi connectivity index (χ2n) is 6.10. The average Bonchev–Trinajstić information content (AvgIpc) is 2.95. The van der Waals surface area contributed by atoms with Gasteiger partial charge in [0, 0.05) is 18.3 Å². The van der Waals surface area contributed by atoms with Crippen LogP contribution in [-0.2, 0) is 4.79 Å². The van der Waals surface area contributed by atoms with Gasteiger partial charge >= 0.3 is 5.97 Å². The number of carboxylic acid groups (broad SMARTS) is 1. The van der Waals surface area contributed by atoms with Crippen LogP contribution in [0.15, 0.2) is 24.4 Å². The van der Waals surface area contributed by atoms with E-state index in [2.05, 4.69) is 20.6 Å². The molecule has 0 radical (unpaired) electrons. The number of hydrogen-bond acceptors (Lipinski definition) is 6. The predicted octanol–water partition coefficient (Wildman–Crippen LogP) is 1.32. The molecule has 1 aliphatic rings. The number of aromatic nitrogens is 4. The van der Waals surface area contributed by atoms with Gasteiger partial charge in [0.1, 0.15) is 5.82 Å². The third kappa shape index (κ3) is 3.70. The highest BCUT2D eigenvalue weighted by atomic mass is 16.4. The molecule has 0 unspecified atom stereocenters. The van der Waals surface area contributed by atoms with Crippen molar-refractivity contribution in [2.75, 3.05) is 18.4 Å². The molecule has 1 fully saturated rings. The van der Waals surface area contributed by atoms with Crippen LogP contribution in [0.1, 0.15) is 25.5 Å². The summed E-state index contributed by atoms with van der Waals surface area (Å²) in [5, 5.41) is 25.0. The molecule has 0 aliphatic heterocycles. The fraction of sp³-hybridized carbons (Fsp3) is 0.500. The van der Waals surface area contributed by atoms with E-state index in [0.29, 0.717) is 17.9 Å². The van der Waals surface area contributed by atoms with Crippen LogP contribution >= 0.6 is 0 Å². The van der Waals surface area contributed by atoms with Gasteiger partial charge < -0.3 is 10.4 Å². The summed E-state index contributed by atoms with van der Waals surface area (Å²) < 4.78 is 1.69. The Morgan fingerprint density at radius 2 is 2.17 bits per heavy atom. The zero-order valence-electron chi connectivity index (χ0n) is 13.9. The van der Waals surface area contributed by atoms with Crippen molar-refractivity contribution in [2.24, 2.45) is 0 Å². The Kier molecular flexibility index (Phi) is 4.75. The van der Waals surface area contributed by atoms with E-state index in [4.69, 9.17) is 5.11 Å². The number of likely N-dealkylation sites (N-methyl/N-ethyl adjacent to an activating group) is 1. The van der Waals surface area contributed by atoms with Crippen molar-refractivity contribution in [3.8, 4) is 5.82 Å². The zero-order valence-corrected chi connectivity index (χ0v) is 13.9. The maximum absolute atomic E-state index is 10.9. The van der Waals surface area contributed by atoms with E-state index in [0.717, 1.165) is 30.9 Å². The number of nitrogens with one attached hydrogen (secondary N) is 1. The number of aryl methyl sites for hydroxylation is 1. The van der Waals surface area contributed by atoms with Crippen molar-refractivity contribution in [2.45, 2.75) is 38.8 Å². The van der Waals surface area contributed by atoms with Gasteiger partial charge in [-0.2, -0.15) is 5.10 Å². The van der Waals surface area contributed by atoms with E-state index in [9.17, 15) is 4.79 Å². The van der Waals surface area contributed by atoms with Crippen LogP contribution in [0, 0.1) is 6.92 Å². The molecule has 1 saturated carbocycles. The van der Waals surface area contributed by atoms with E-state index in [1.54, 1.807) is 4.68 Å². The standard InChI is InChI=1S/C16H22N6O2/c1-3-21(10-16(23)24)13-8-12(9-13)17-14-4-5-15(19-18-14)22-7-6-11(2)20-22/h4-7,12-13H,3,8-10H2,1-2H3,(H,17,18)(H,23,24). The van der Waals surface area contributed by atoms with Crippen molar-refractivity contribution in [1.82, 2.24) is 24.9 Å². The smallest absolute Gasteiger partial charge is 0.317 e. The number of aliphatic carboxylic acids is 1. The van der Waals surface area contributed by atoms with E-state index in [1.807, 2.05) is 43.1 Å². The molecule has 8 heteroatoms. The van der Waals surface area contributed by atoms with Crippen LogP contribution in [-0.4, -0.2) is 61.1 Å². The molecular formula is C16H22N6O2. The van der Waals surface area contributed by atoms with Gasteiger partial charge in [0.15, 0.2) is 5.82 Å². The maximum atomic E-state index is 10.9. The van der Waals surface area contributed by atoms with Crippen molar-refractivity contribution in [3.05, 3.63) is 30.1 Å². The quantitative estimate of drug-likeness (QED) is 0.790. The van der Waals surface area contributed by atoms with Gasteiger partial charge in [-0.15, -0.1) is 10.2 Å². The fourth-order valence-electron chi connectivity index (χ4n) is 2.95. The molecule has 0 aromatic carbocycles. The molecule has 2 aromatic rings. The van der Waals surface area contributed by atoms with Gasteiger partial charge in [-0.3, -0.25) is 9.69 Å². The minimum absolute atomic E-state index is 0.103. The summed E-state index contributed by atoms with van der Waals surface area (Å²) in [7, 11) is 0. The van der Waals surface area contributed by atoms with E-state index >= 15 is 0 Å². The zero-order chi connectivity index (χ0) is 17.1. The van der Waals surface area contributed by atoms with Crippen molar-refractivity contribution >= 4 is 11.8 Å². The lowest BCUT2D eigenvalue weighted by Gasteiger charge is -2.42. The second-order valence-corrected chi connectivity index (χ2v) is 6.10. The lowest BCUT2D eigenvalue weighted by atomic mass is 9.85. The second kappa shape index (κ2) is 6.96. The topological polar surface area (TPSA) is 96.2 Å². The highest BCUT2D eigenvalue weighted by Crippen LogP contribution is 2.28. The van der Waals surface area contributed by atoms with Crippen LogP contribution in [0.5, 0.6) is 0 Å². The Balaban J connectivity index is 1.52. The number of nitrogens with zero attached hydrogens (tertiary/aromatic N) is 5. The van der Waals surface area contributed by atoms with Crippen LogP contribution in [0.25, 0.3) is 5.82 Å². The monoisotopic (exact) mass is 330 g/mol. The molecule has 0 bridgehead atoms. The first-order chi connectivity index (χ1) is 11.5. The molecule has 2 aromatic heterocycles. The molecule has 0 saturated heterocycles. The SMILES string of the molecule is CCN(CC(=O)O)C1CC(Nc2ccc(-n3ccc(C)n3)nn2)C1. The number of carbonyl (C=O) groups is 1. The molecule has 0 spiro atoms. The molecule has 0 amide bonds. The van der Waals surface area contributed by atoms with Gasteiger partial charge in [-0.1, -0.05) is 6.92 Å². The molecule has 3 rings (SSSR count). The Labute approximate surface area is 140 Å². The van der Waals surface area contributed by atoms with Crippen LogP contribution in [0.4, 0.5) is 5.82 Å². The van der Waals surface area contributed by atoms with Crippen molar-refractivity contribution < 1.29 is 9.90 Å². The highest BCUT2D eigenvalue weighted by molar-refractivity contribution is 5.69. The molecule has 2 heterocycles. The van der Waals surface area contributed by atoms with Crippen LogP contribution < -0.4 is 5.32 Å². The minimum Gasteiger partial charge on any atom is -0.480 e. The summed E-state index contributed by atoms with van der Waals surface area (Å²) in [4.78, 5) is 12.8. The highest BCUT2D eigenvalue weighted by Gasteiger charge is 2.33. The first-order valence-corrected chi connectivity index (χ1v) is 8.14. The number of anilines is 1. The van der Waals surface area contributed by atoms with Gasteiger partial charge in [-0.25, -0.2) is 4.68 Å². The summed E-state index contributed by atoms with van der Waals surface area (Å²) in [5.41, 5.74) is 0.932.